The van der Waals surface area contributed by atoms with Crippen LogP contribution in [0.5, 0.6) is 5.75 Å². The molecule has 0 aliphatic heterocycles. The van der Waals surface area contributed by atoms with E-state index >= 15 is 0 Å². The highest BCUT2D eigenvalue weighted by molar-refractivity contribution is 5.27. The molecule has 1 unspecified atom stereocenters. The standard InChI is InChI=1S/C15H18N4O/c1-13(12-19-9-2-8-18-19)17-11-14-3-5-15(6-4-14)20-10-7-16/h2-6,8-9,13,17H,10-12H2,1H3. The summed E-state index contributed by atoms with van der Waals surface area (Å²) in [5.41, 5.74) is 1.18. The monoisotopic (exact) mass is 270 g/mol. The third kappa shape index (κ3) is 4.41. The van der Waals surface area contributed by atoms with Crippen molar-refractivity contribution in [3.05, 3.63) is 48.3 Å². The second-order valence-corrected chi connectivity index (χ2v) is 4.60. The molecule has 0 spiro atoms. The minimum Gasteiger partial charge on any atom is -0.479 e. The number of hydrogen-bond donors (Lipinski definition) is 1. The SMILES string of the molecule is CC(Cn1cccn1)NCc1ccc(OCC#N)cc1. The molecule has 0 fully saturated rings. The molecule has 5 heteroatoms. The maximum Gasteiger partial charge on any atom is 0.174 e. The van der Waals surface area contributed by atoms with Crippen molar-refractivity contribution < 1.29 is 4.74 Å². The predicted molar refractivity (Wildman–Crippen MR) is 76.1 cm³/mol. The molecule has 0 saturated heterocycles. The molecule has 0 saturated carbocycles. The van der Waals surface area contributed by atoms with Crippen molar-refractivity contribution in [3.63, 3.8) is 0 Å². The van der Waals surface area contributed by atoms with Crippen LogP contribution in [0, 0.1) is 11.3 Å². The molecule has 1 heterocycles. The van der Waals surface area contributed by atoms with Crippen LogP contribution in [0.4, 0.5) is 0 Å². The lowest BCUT2D eigenvalue weighted by Crippen LogP contribution is -2.30. The van der Waals surface area contributed by atoms with Crippen molar-refractivity contribution in [2.75, 3.05) is 6.61 Å². The third-order valence-corrected chi connectivity index (χ3v) is 2.90. The topological polar surface area (TPSA) is 62.9 Å². The van der Waals surface area contributed by atoms with Gasteiger partial charge in [0.15, 0.2) is 6.61 Å². The second kappa shape index (κ2) is 7.31. The van der Waals surface area contributed by atoms with E-state index < -0.39 is 0 Å². The Balaban J connectivity index is 1.77. The third-order valence-electron chi connectivity index (χ3n) is 2.90. The van der Waals surface area contributed by atoms with Crippen molar-refractivity contribution in [2.24, 2.45) is 0 Å². The van der Waals surface area contributed by atoms with Crippen LogP contribution in [0.1, 0.15) is 12.5 Å². The van der Waals surface area contributed by atoms with E-state index in [9.17, 15) is 0 Å². The van der Waals surface area contributed by atoms with Gasteiger partial charge in [-0.15, -0.1) is 0 Å². The molecular formula is C15H18N4O. The normalized spacial score (nSPS) is 11.8. The second-order valence-electron chi connectivity index (χ2n) is 4.60. The summed E-state index contributed by atoms with van der Waals surface area (Å²) in [5, 5.41) is 16.1. The lowest BCUT2D eigenvalue weighted by Gasteiger charge is -2.14. The van der Waals surface area contributed by atoms with E-state index in [1.54, 1.807) is 6.20 Å². The average molecular weight is 270 g/mol. The first-order valence-electron chi connectivity index (χ1n) is 6.57. The zero-order valence-electron chi connectivity index (χ0n) is 11.5. The quantitative estimate of drug-likeness (QED) is 0.835. The summed E-state index contributed by atoms with van der Waals surface area (Å²) in [4.78, 5) is 0. The Morgan fingerprint density at radius 2 is 2.20 bits per heavy atom. The van der Waals surface area contributed by atoms with Gasteiger partial charge in [-0.05, 0) is 30.7 Å². The number of hydrogen-bond acceptors (Lipinski definition) is 4. The summed E-state index contributed by atoms with van der Waals surface area (Å²) >= 11 is 0. The van der Waals surface area contributed by atoms with Gasteiger partial charge in [-0.25, -0.2) is 0 Å². The maximum atomic E-state index is 8.44. The molecule has 2 rings (SSSR count). The molecule has 104 valence electrons. The van der Waals surface area contributed by atoms with Crippen molar-refractivity contribution in [3.8, 4) is 11.8 Å². The fourth-order valence-electron chi connectivity index (χ4n) is 1.86. The molecule has 1 aromatic carbocycles. The Morgan fingerprint density at radius 1 is 1.40 bits per heavy atom. The average Bonchev–Trinajstić information content (AvgIpc) is 2.97. The molecule has 0 radical (unpaired) electrons. The molecule has 1 aromatic heterocycles. The highest BCUT2D eigenvalue weighted by atomic mass is 16.5. The van der Waals surface area contributed by atoms with Crippen molar-refractivity contribution >= 4 is 0 Å². The highest BCUT2D eigenvalue weighted by Gasteiger charge is 2.03. The summed E-state index contributed by atoms with van der Waals surface area (Å²) in [6.45, 7) is 3.85. The van der Waals surface area contributed by atoms with Gasteiger partial charge >= 0.3 is 0 Å². The fraction of sp³-hybridized carbons (Fsp3) is 0.333. The van der Waals surface area contributed by atoms with Crippen LogP contribution >= 0.6 is 0 Å². The van der Waals surface area contributed by atoms with Crippen LogP contribution in [-0.4, -0.2) is 22.4 Å². The Morgan fingerprint density at radius 3 is 2.85 bits per heavy atom. The van der Waals surface area contributed by atoms with E-state index in [1.807, 2.05) is 47.3 Å². The van der Waals surface area contributed by atoms with Crippen molar-refractivity contribution in [1.29, 1.82) is 5.26 Å². The lowest BCUT2D eigenvalue weighted by atomic mass is 10.2. The molecule has 0 bridgehead atoms. The summed E-state index contributed by atoms with van der Waals surface area (Å²) in [6, 6.07) is 12.0. The van der Waals surface area contributed by atoms with Gasteiger partial charge in [0.2, 0.25) is 0 Å². The van der Waals surface area contributed by atoms with Gasteiger partial charge in [0.05, 0.1) is 6.54 Å². The molecule has 20 heavy (non-hydrogen) atoms. The van der Waals surface area contributed by atoms with E-state index in [4.69, 9.17) is 10.00 Å². The number of nitrogens with one attached hydrogen (secondary N) is 1. The van der Waals surface area contributed by atoms with Gasteiger partial charge < -0.3 is 10.1 Å². The summed E-state index contributed by atoms with van der Waals surface area (Å²) in [7, 11) is 0. The largest absolute Gasteiger partial charge is 0.479 e. The highest BCUT2D eigenvalue weighted by Crippen LogP contribution is 2.12. The van der Waals surface area contributed by atoms with Crippen LogP contribution in [0.25, 0.3) is 0 Å². The first kappa shape index (κ1) is 14.1. The van der Waals surface area contributed by atoms with E-state index in [-0.39, 0.29) is 6.61 Å². The first-order valence-corrected chi connectivity index (χ1v) is 6.57. The van der Waals surface area contributed by atoms with E-state index in [2.05, 4.69) is 17.3 Å². The number of rotatable bonds is 7. The molecule has 2 aromatic rings. The minimum absolute atomic E-state index is 0.0818. The van der Waals surface area contributed by atoms with Gasteiger partial charge in [0.1, 0.15) is 11.8 Å². The van der Waals surface area contributed by atoms with Gasteiger partial charge in [-0.1, -0.05) is 12.1 Å². The van der Waals surface area contributed by atoms with Crippen LogP contribution in [0.15, 0.2) is 42.7 Å². The summed E-state index contributed by atoms with van der Waals surface area (Å²) in [6.07, 6.45) is 3.74. The van der Waals surface area contributed by atoms with Crippen LogP contribution in [0.2, 0.25) is 0 Å². The van der Waals surface area contributed by atoms with Crippen LogP contribution in [0.3, 0.4) is 0 Å². The van der Waals surface area contributed by atoms with E-state index in [0.29, 0.717) is 6.04 Å². The Bertz CT molecular complexity index is 542. The first-order chi connectivity index (χ1) is 9.78. The van der Waals surface area contributed by atoms with Gasteiger partial charge in [0, 0.05) is 25.0 Å². The molecule has 5 nitrogen and oxygen atoms in total. The van der Waals surface area contributed by atoms with Crippen LogP contribution in [-0.2, 0) is 13.1 Å². The number of nitriles is 1. The molecule has 0 aliphatic rings. The van der Waals surface area contributed by atoms with Crippen molar-refractivity contribution in [1.82, 2.24) is 15.1 Å². The number of nitrogens with zero attached hydrogens (tertiary/aromatic N) is 3. The van der Waals surface area contributed by atoms with Crippen molar-refractivity contribution in [2.45, 2.75) is 26.1 Å². The molecule has 1 N–H and O–H groups in total. The Hall–Kier alpha value is -2.32. The smallest absolute Gasteiger partial charge is 0.174 e. The zero-order chi connectivity index (χ0) is 14.2. The van der Waals surface area contributed by atoms with Gasteiger partial charge in [0.25, 0.3) is 0 Å². The van der Waals surface area contributed by atoms with Gasteiger partial charge in [-0.3, -0.25) is 4.68 Å². The van der Waals surface area contributed by atoms with E-state index in [0.717, 1.165) is 18.8 Å². The predicted octanol–water partition coefficient (Wildman–Crippen LogP) is 1.96. The maximum absolute atomic E-state index is 8.44. The minimum atomic E-state index is 0.0818. The van der Waals surface area contributed by atoms with Crippen LogP contribution < -0.4 is 10.1 Å². The van der Waals surface area contributed by atoms with E-state index in [1.165, 1.54) is 5.56 Å². The number of aromatic nitrogens is 2. The molecule has 1 atom stereocenters. The molecule has 0 amide bonds. The summed E-state index contributed by atoms with van der Waals surface area (Å²) in [5.74, 6) is 0.722. The number of benzene rings is 1. The lowest BCUT2D eigenvalue weighted by molar-refractivity contribution is 0.368. The summed E-state index contributed by atoms with van der Waals surface area (Å²) < 4.78 is 7.13. The Labute approximate surface area is 118 Å². The zero-order valence-corrected chi connectivity index (χ0v) is 11.5. The Kier molecular flexibility index (Phi) is 5.15. The fourth-order valence-corrected chi connectivity index (χ4v) is 1.86. The molecule has 0 aliphatic carbocycles. The number of ether oxygens (including phenoxy) is 1. The van der Waals surface area contributed by atoms with Gasteiger partial charge in [-0.2, -0.15) is 10.4 Å². The molecular weight excluding hydrogens is 252 g/mol.